The van der Waals surface area contributed by atoms with Crippen LogP contribution in [-0.2, 0) is 12.8 Å². The first-order valence-electron chi connectivity index (χ1n) is 9.73. The molecule has 0 saturated carbocycles. The standard InChI is InChI=1S/C23H17BrN4O2S/c1-13(18-11-15-10-16(24)7-8-20(15)30-22(18)29)26-23-28-27-21(31-23)9-6-14-12-25-19-5-3-2-4-17(14)19/h2-5,7-8,10-12,25H,6,9H2,1H3/b26-13-. The Morgan fingerprint density at radius 3 is 2.94 bits per heavy atom. The molecule has 2 aromatic carbocycles. The lowest BCUT2D eigenvalue weighted by atomic mass is 10.1. The van der Waals surface area contributed by atoms with E-state index in [2.05, 4.69) is 48.2 Å². The summed E-state index contributed by atoms with van der Waals surface area (Å²) in [6.45, 7) is 1.78. The van der Waals surface area contributed by atoms with Gasteiger partial charge in [-0.25, -0.2) is 9.79 Å². The Morgan fingerprint density at radius 2 is 2.03 bits per heavy atom. The summed E-state index contributed by atoms with van der Waals surface area (Å²) in [7, 11) is 0. The van der Waals surface area contributed by atoms with Gasteiger partial charge in [-0.2, -0.15) is 0 Å². The Balaban J connectivity index is 1.36. The third kappa shape index (κ3) is 4.08. The zero-order valence-corrected chi connectivity index (χ0v) is 19.0. The third-order valence-corrected chi connectivity index (χ3v) is 6.46. The van der Waals surface area contributed by atoms with E-state index in [-0.39, 0.29) is 0 Å². The maximum absolute atomic E-state index is 12.4. The van der Waals surface area contributed by atoms with Gasteiger partial charge in [0.25, 0.3) is 0 Å². The number of fused-ring (bicyclic) bond motifs is 2. The number of hydrogen-bond acceptors (Lipinski definition) is 6. The summed E-state index contributed by atoms with van der Waals surface area (Å²) in [5.41, 5.74) is 3.49. The first kappa shape index (κ1) is 19.8. The highest BCUT2D eigenvalue weighted by Gasteiger charge is 2.11. The lowest BCUT2D eigenvalue weighted by Gasteiger charge is -2.02. The summed E-state index contributed by atoms with van der Waals surface area (Å²) >= 11 is 4.88. The molecule has 0 spiro atoms. The molecule has 0 amide bonds. The summed E-state index contributed by atoms with van der Waals surface area (Å²) in [5, 5.41) is 12.0. The molecular formula is C23H17BrN4O2S. The Kier molecular flexibility index (Phi) is 5.25. The number of para-hydroxylation sites is 1. The predicted octanol–water partition coefficient (Wildman–Crippen LogP) is 5.81. The van der Waals surface area contributed by atoms with Gasteiger partial charge in [-0.3, -0.25) is 0 Å². The first-order chi connectivity index (χ1) is 15.1. The SMILES string of the molecule is C/C(=N/c1nnc(CCc2c[nH]c3ccccc23)s1)c1cc2cc(Br)ccc2oc1=O. The number of benzene rings is 2. The monoisotopic (exact) mass is 492 g/mol. The van der Waals surface area contributed by atoms with Gasteiger partial charge < -0.3 is 9.40 Å². The topological polar surface area (TPSA) is 84.1 Å². The van der Waals surface area contributed by atoms with Crippen molar-refractivity contribution in [1.29, 1.82) is 0 Å². The number of aromatic amines is 1. The van der Waals surface area contributed by atoms with E-state index in [0.717, 1.165) is 33.2 Å². The van der Waals surface area contributed by atoms with Gasteiger partial charge in [-0.1, -0.05) is 45.5 Å². The van der Waals surface area contributed by atoms with E-state index in [1.54, 1.807) is 19.1 Å². The molecule has 154 valence electrons. The molecule has 31 heavy (non-hydrogen) atoms. The van der Waals surface area contributed by atoms with Crippen LogP contribution < -0.4 is 5.63 Å². The van der Waals surface area contributed by atoms with Gasteiger partial charge in [-0.05, 0) is 49.2 Å². The van der Waals surface area contributed by atoms with Crippen molar-refractivity contribution < 1.29 is 4.42 Å². The molecule has 0 fully saturated rings. The Hall–Kier alpha value is -3.10. The molecule has 3 aromatic heterocycles. The zero-order chi connectivity index (χ0) is 21.4. The summed E-state index contributed by atoms with van der Waals surface area (Å²) in [4.78, 5) is 20.2. The highest BCUT2D eigenvalue weighted by Crippen LogP contribution is 2.24. The van der Waals surface area contributed by atoms with Crippen LogP contribution in [0.1, 0.15) is 23.1 Å². The Morgan fingerprint density at radius 1 is 1.16 bits per heavy atom. The van der Waals surface area contributed by atoms with E-state index in [4.69, 9.17) is 4.42 Å². The summed E-state index contributed by atoms with van der Waals surface area (Å²) in [6, 6.07) is 15.6. The van der Waals surface area contributed by atoms with Crippen LogP contribution >= 0.6 is 27.3 Å². The molecule has 8 heteroatoms. The number of halogens is 1. The lowest BCUT2D eigenvalue weighted by Crippen LogP contribution is -2.11. The van der Waals surface area contributed by atoms with E-state index in [1.165, 1.54) is 22.3 Å². The van der Waals surface area contributed by atoms with Crippen molar-refractivity contribution in [2.75, 3.05) is 0 Å². The molecule has 1 N–H and O–H groups in total. The van der Waals surface area contributed by atoms with E-state index >= 15 is 0 Å². The number of rotatable bonds is 5. The minimum Gasteiger partial charge on any atom is -0.422 e. The number of aryl methyl sites for hydroxylation is 2. The number of nitrogens with zero attached hydrogens (tertiary/aromatic N) is 3. The maximum atomic E-state index is 12.4. The highest BCUT2D eigenvalue weighted by molar-refractivity contribution is 9.10. The molecule has 0 saturated heterocycles. The van der Waals surface area contributed by atoms with Crippen molar-refractivity contribution in [2.45, 2.75) is 19.8 Å². The fourth-order valence-electron chi connectivity index (χ4n) is 3.52. The smallest absolute Gasteiger partial charge is 0.345 e. The van der Waals surface area contributed by atoms with Gasteiger partial charge in [-0.15, -0.1) is 10.2 Å². The van der Waals surface area contributed by atoms with Crippen LogP contribution in [-0.4, -0.2) is 20.9 Å². The summed E-state index contributed by atoms with van der Waals surface area (Å²) in [5.74, 6) is 0. The van der Waals surface area contributed by atoms with Crippen LogP contribution in [0.5, 0.6) is 0 Å². The second-order valence-electron chi connectivity index (χ2n) is 7.16. The van der Waals surface area contributed by atoms with Gasteiger partial charge in [0, 0.05) is 33.4 Å². The molecule has 0 bridgehead atoms. The molecule has 6 nitrogen and oxygen atoms in total. The molecule has 0 radical (unpaired) electrons. The molecule has 0 aliphatic rings. The second kappa shape index (κ2) is 8.20. The number of nitrogens with one attached hydrogen (secondary N) is 1. The maximum Gasteiger partial charge on any atom is 0.345 e. The van der Waals surface area contributed by atoms with Crippen molar-refractivity contribution in [1.82, 2.24) is 15.2 Å². The minimum atomic E-state index is -0.417. The van der Waals surface area contributed by atoms with E-state index in [9.17, 15) is 4.79 Å². The van der Waals surface area contributed by atoms with Gasteiger partial charge >= 0.3 is 5.63 Å². The highest BCUT2D eigenvalue weighted by atomic mass is 79.9. The fourth-order valence-corrected chi connectivity index (χ4v) is 4.66. The van der Waals surface area contributed by atoms with E-state index in [0.29, 0.717) is 22.0 Å². The first-order valence-corrected chi connectivity index (χ1v) is 11.3. The van der Waals surface area contributed by atoms with Gasteiger partial charge in [0.05, 0.1) is 11.3 Å². The lowest BCUT2D eigenvalue weighted by molar-refractivity contribution is 0.559. The molecule has 0 aliphatic heterocycles. The summed E-state index contributed by atoms with van der Waals surface area (Å²) < 4.78 is 6.35. The van der Waals surface area contributed by atoms with Gasteiger partial charge in [0.15, 0.2) is 0 Å². The average molecular weight is 493 g/mol. The Bertz CT molecular complexity index is 1500. The number of aromatic nitrogens is 3. The van der Waals surface area contributed by atoms with Crippen LogP contribution in [0.25, 0.3) is 21.9 Å². The van der Waals surface area contributed by atoms with Crippen LogP contribution in [0.3, 0.4) is 0 Å². The van der Waals surface area contributed by atoms with Crippen LogP contribution in [0.4, 0.5) is 5.13 Å². The zero-order valence-electron chi connectivity index (χ0n) is 16.6. The molecule has 0 aliphatic carbocycles. The quantitative estimate of drug-likeness (QED) is 0.247. The predicted molar refractivity (Wildman–Crippen MR) is 128 cm³/mol. The van der Waals surface area contributed by atoms with Gasteiger partial charge in [0.2, 0.25) is 5.13 Å². The average Bonchev–Trinajstić information content (AvgIpc) is 3.38. The van der Waals surface area contributed by atoms with Crippen LogP contribution in [0.15, 0.2) is 73.4 Å². The normalized spacial score (nSPS) is 12.1. The molecule has 0 atom stereocenters. The number of aliphatic imine (C=N–C) groups is 1. The third-order valence-electron chi connectivity index (χ3n) is 5.09. The Labute approximate surface area is 189 Å². The fraction of sp³-hybridized carbons (Fsp3) is 0.130. The molecule has 5 aromatic rings. The van der Waals surface area contributed by atoms with Crippen molar-refractivity contribution >= 4 is 60.0 Å². The van der Waals surface area contributed by atoms with Crippen molar-refractivity contribution in [2.24, 2.45) is 4.99 Å². The van der Waals surface area contributed by atoms with Crippen molar-refractivity contribution in [3.05, 3.63) is 85.8 Å². The minimum absolute atomic E-state index is 0.417. The van der Waals surface area contributed by atoms with E-state index in [1.807, 2.05) is 30.5 Å². The largest absolute Gasteiger partial charge is 0.422 e. The molecular weight excluding hydrogens is 476 g/mol. The molecule has 3 heterocycles. The summed E-state index contributed by atoms with van der Waals surface area (Å²) in [6.07, 6.45) is 3.69. The van der Waals surface area contributed by atoms with Crippen LogP contribution in [0, 0.1) is 0 Å². The van der Waals surface area contributed by atoms with Crippen LogP contribution in [0.2, 0.25) is 0 Å². The second-order valence-corrected chi connectivity index (χ2v) is 9.12. The molecule has 5 rings (SSSR count). The van der Waals surface area contributed by atoms with Crippen molar-refractivity contribution in [3.8, 4) is 0 Å². The number of hydrogen-bond donors (Lipinski definition) is 1. The van der Waals surface area contributed by atoms with E-state index < -0.39 is 5.63 Å². The molecule has 0 unspecified atom stereocenters. The number of H-pyrrole nitrogens is 1. The van der Waals surface area contributed by atoms with Crippen molar-refractivity contribution in [3.63, 3.8) is 0 Å². The van der Waals surface area contributed by atoms with Gasteiger partial charge in [0.1, 0.15) is 10.6 Å².